The summed E-state index contributed by atoms with van der Waals surface area (Å²) in [5, 5.41) is 7.86. The highest BCUT2D eigenvalue weighted by atomic mass is 32.1. The van der Waals surface area contributed by atoms with E-state index >= 15 is 0 Å². The highest BCUT2D eigenvalue weighted by Gasteiger charge is 2.14. The number of thiophene rings is 1. The summed E-state index contributed by atoms with van der Waals surface area (Å²) >= 11 is 1.66. The van der Waals surface area contributed by atoms with Crippen LogP contribution in [0.3, 0.4) is 0 Å². The fourth-order valence-corrected chi connectivity index (χ4v) is 4.66. The molecule has 0 aliphatic heterocycles. The highest BCUT2D eigenvalue weighted by molar-refractivity contribution is 7.08. The van der Waals surface area contributed by atoms with Gasteiger partial charge in [0, 0.05) is 28.9 Å². The Hall–Kier alpha value is -4.49. The molecule has 0 aliphatic rings. The number of rotatable bonds is 7. The van der Waals surface area contributed by atoms with Crippen LogP contribution in [0, 0.1) is 0 Å². The molecular weight excluding hydrogens is 456 g/mol. The van der Waals surface area contributed by atoms with Crippen LogP contribution in [0.15, 0.2) is 89.9 Å². The smallest absolute Gasteiger partial charge is 0.249 e. The summed E-state index contributed by atoms with van der Waals surface area (Å²) in [4.78, 5) is 32.6. The molecule has 5 aromatic rings. The van der Waals surface area contributed by atoms with Crippen LogP contribution in [-0.4, -0.2) is 21.8 Å². The number of hydrogen-bond acceptors (Lipinski definition) is 4. The number of nitrogens with zero attached hydrogens (tertiary/aromatic N) is 1. The van der Waals surface area contributed by atoms with E-state index < -0.39 is 5.91 Å². The summed E-state index contributed by atoms with van der Waals surface area (Å²) in [7, 11) is 0. The molecule has 0 spiro atoms. The number of H-pyrrole nitrogens is 1. The van der Waals surface area contributed by atoms with Gasteiger partial charge in [0.15, 0.2) is 0 Å². The maximum atomic E-state index is 12.9. The molecule has 172 valence electrons. The summed E-state index contributed by atoms with van der Waals surface area (Å²) in [6.45, 7) is 0. The van der Waals surface area contributed by atoms with Crippen LogP contribution in [0.1, 0.15) is 16.7 Å². The van der Waals surface area contributed by atoms with Gasteiger partial charge in [0.1, 0.15) is 5.65 Å². The van der Waals surface area contributed by atoms with Gasteiger partial charge in [-0.15, -0.1) is 0 Å². The standard InChI is InChI=1S/C28H22N4O2S/c29-27(34)23(20-4-2-1-3-5-20)15-22-16-31-28-26(22)24(10-12-30-28)32-25(33)14-18-6-8-19(9-7-18)21-11-13-35-17-21/h1-13,15-17H,14H2,(H2,29,34)(H2,30,31,32,33). The third kappa shape index (κ3) is 4.90. The Labute approximate surface area is 206 Å². The minimum absolute atomic E-state index is 0.143. The number of aromatic amines is 1. The van der Waals surface area contributed by atoms with Crippen molar-refractivity contribution < 1.29 is 9.59 Å². The number of nitrogens with two attached hydrogens (primary N) is 1. The van der Waals surface area contributed by atoms with E-state index in [0.717, 1.165) is 16.7 Å². The third-order valence-corrected chi connectivity index (χ3v) is 6.38. The normalized spacial score (nSPS) is 11.5. The van der Waals surface area contributed by atoms with E-state index in [1.54, 1.807) is 35.9 Å². The van der Waals surface area contributed by atoms with E-state index in [4.69, 9.17) is 5.73 Å². The molecule has 0 saturated heterocycles. The van der Waals surface area contributed by atoms with Gasteiger partial charge in [0.25, 0.3) is 0 Å². The number of fused-ring (bicyclic) bond motifs is 1. The minimum Gasteiger partial charge on any atom is -0.366 e. The van der Waals surface area contributed by atoms with Crippen LogP contribution in [0.5, 0.6) is 0 Å². The zero-order valence-corrected chi connectivity index (χ0v) is 19.5. The summed E-state index contributed by atoms with van der Waals surface area (Å²) in [6.07, 6.45) is 5.34. The van der Waals surface area contributed by atoms with Crippen molar-refractivity contribution in [2.24, 2.45) is 5.73 Å². The molecule has 3 heterocycles. The Bertz CT molecular complexity index is 1520. The first kappa shape index (κ1) is 22.3. The van der Waals surface area contributed by atoms with Crippen molar-refractivity contribution in [1.82, 2.24) is 9.97 Å². The molecular formula is C28H22N4O2S. The second-order valence-electron chi connectivity index (χ2n) is 8.05. The molecule has 4 N–H and O–H groups in total. The number of carbonyl (C=O) groups excluding carboxylic acids is 2. The number of benzene rings is 2. The van der Waals surface area contributed by atoms with Crippen molar-refractivity contribution in [3.8, 4) is 11.1 Å². The fraction of sp³-hybridized carbons (Fsp3) is 0.0357. The summed E-state index contributed by atoms with van der Waals surface area (Å²) in [5.74, 6) is -0.680. The summed E-state index contributed by atoms with van der Waals surface area (Å²) in [6, 6.07) is 21.0. The third-order valence-electron chi connectivity index (χ3n) is 5.70. The SMILES string of the molecule is NC(=O)C(=Cc1c[nH]c2nccc(NC(=O)Cc3ccc(-c4ccsc4)cc3)c12)c1ccccc1. The van der Waals surface area contributed by atoms with Crippen molar-refractivity contribution in [3.63, 3.8) is 0 Å². The molecule has 0 fully saturated rings. The molecule has 5 rings (SSSR count). The van der Waals surface area contributed by atoms with Gasteiger partial charge in [-0.3, -0.25) is 9.59 Å². The van der Waals surface area contributed by atoms with Crippen LogP contribution in [0.4, 0.5) is 5.69 Å². The largest absolute Gasteiger partial charge is 0.366 e. The fourth-order valence-electron chi connectivity index (χ4n) is 3.99. The van der Waals surface area contributed by atoms with Crippen LogP contribution in [0.25, 0.3) is 33.8 Å². The maximum Gasteiger partial charge on any atom is 0.249 e. The predicted molar refractivity (Wildman–Crippen MR) is 142 cm³/mol. The van der Waals surface area contributed by atoms with Crippen LogP contribution in [0.2, 0.25) is 0 Å². The second kappa shape index (κ2) is 9.79. The van der Waals surface area contributed by atoms with E-state index in [9.17, 15) is 9.59 Å². The molecule has 0 bridgehead atoms. The van der Waals surface area contributed by atoms with E-state index in [1.807, 2.05) is 60.0 Å². The van der Waals surface area contributed by atoms with Gasteiger partial charge in [0.05, 0.1) is 12.1 Å². The van der Waals surface area contributed by atoms with Gasteiger partial charge in [-0.05, 0) is 51.2 Å². The number of amides is 2. The Kier molecular flexibility index (Phi) is 6.24. The first-order valence-corrected chi connectivity index (χ1v) is 12.0. The van der Waals surface area contributed by atoms with Crippen molar-refractivity contribution >= 4 is 51.5 Å². The van der Waals surface area contributed by atoms with Crippen molar-refractivity contribution in [2.45, 2.75) is 6.42 Å². The molecule has 7 heteroatoms. The average molecular weight is 479 g/mol. The second-order valence-corrected chi connectivity index (χ2v) is 8.83. The van der Waals surface area contributed by atoms with E-state index in [2.05, 4.69) is 26.7 Å². The summed E-state index contributed by atoms with van der Waals surface area (Å²) in [5.41, 5.74) is 11.9. The Morgan fingerprint density at radius 2 is 1.80 bits per heavy atom. The average Bonchev–Trinajstić information content (AvgIpc) is 3.54. The van der Waals surface area contributed by atoms with Crippen molar-refractivity contribution in [1.29, 1.82) is 0 Å². The Balaban J connectivity index is 1.41. The van der Waals surface area contributed by atoms with Gasteiger partial charge in [0.2, 0.25) is 11.8 Å². The number of primary amides is 1. The molecule has 6 nitrogen and oxygen atoms in total. The number of nitrogens with one attached hydrogen (secondary N) is 2. The Morgan fingerprint density at radius 3 is 2.51 bits per heavy atom. The van der Waals surface area contributed by atoms with E-state index in [-0.39, 0.29) is 12.3 Å². The lowest BCUT2D eigenvalue weighted by Gasteiger charge is -2.09. The molecule has 0 aliphatic carbocycles. The zero-order valence-electron chi connectivity index (χ0n) is 18.7. The van der Waals surface area contributed by atoms with Gasteiger partial charge in [-0.25, -0.2) is 4.98 Å². The lowest BCUT2D eigenvalue weighted by atomic mass is 10.0. The van der Waals surface area contributed by atoms with Crippen LogP contribution in [-0.2, 0) is 16.0 Å². The van der Waals surface area contributed by atoms with Crippen molar-refractivity contribution in [3.05, 3.63) is 107 Å². The summed E-state index contributed by atoms with van der Waals surface area (Å²) < 4.78 is 0. The van der Waals surface area contributed by atoms with Crippen LogP contribution >= 0.6 is 11.3 Å². The van der Waals surface area contributed by atoms with Gasteiger partial charge >= 0.3 is 0 Å². The predicted octanol–water partition coefficient (Wildman–Crippen LogP) is 5.50. The zero-order chi connectivity index (χ0) is 24.2. The van der Waals surface area contributed by atoms with Gasteiger partial charge in [-0.1, -0.05) is 54.6 Å². The molecule has 0 saturated carbocycles. The number of pyridine rings is 1. The van der Waals surface area contributed by atoms with Crippen LogP contribution < -0.4 is 11.1 Å². The van der Waals surface area contributed by atoms with E-state index in [0.29, 0.717) is 27.9 Å². The van der Waals surface area contributed by atoms with Crippen molar-refractivity contribution in [2.75, 3.05) is 5.32 Å². The minimum atomic E-state index is -0.536. The molecule has 0 unspecified atom stereocenters. The number of anilines is 1. The number of aromatic nitrogens is 2. The lowest BCUT2D eigenvalue weighted by Crippen LogP contribution is -2.15. The number of carbonyl (C=O) groups is 2. The molecule has 35 heavy (non-hydrogen) atoms. The quantitative estimate of drug-likeness (QED) is 0.269. The van der Waals surface area contributed by atoms with E-state index in [1.165, 1.54) is 5.56 Å². The monoisotopic (exact) mass is 478 g/mol. The molecule has 2 amide bonds. The molecule has 0 atom stereocenters. The highest BCUT2D eigenvalue weighted by Crippen LogP contribution is 2.29. The van der Waals surface area contributed by atoms with Gasteiger partial charge < -0.3 is 16.0 Å². The first-order valence-electron chi connectivity index (χ1n) is 11.0. The topological polar surface area (TPSA) is 101 Å². The Morgan fingerprint density at radius 1 is 1.00 bits per heavy atom. The molecule has 3 aromatic heterocycles. The first-order chi connectivity index (χ1) is 17.1. The lowest BCUT2D eigenvalue weighted by molar-refractivity contribution is -0.115. The van der Waals surface area contributed by atoms with Gasteiger partial charge in [-0.2, -0.15) is 11.3 Å². The molecule has 0 radical (unpaired) electrons. The number of hydrogen-bond donors (Lipinski definition) is 3. The maximum absolute atomic E-state index is 12.9. The molecule has 2 aromatic carbocycles.